The molecule has 1 aromatic carbocycles. The van der Waals surface area contributed by atoms with Crippen LogP contribution in [0.15, 0.2) is 18.2 Å². The Morgan fingerprint density at radius 1 is 1.40 bits per heavy atom. The van der Waals surface area contributed by atoms with E-state index in [1.165, 1.54) is 18.4 Å². The number of esters is 1. The van der Waals surface area contributed by atoms with Gasteiger partial charge in [0.15, 0.2) is 6.54 Å². The lowest BCUT2D eigenvalue weighted by atomic mass is 10.0. The molecular formula is C19H26N3O3+. The van der Waals surface area contributed by atoms with Gasteiger partial charge >= 0.3 is 5.97 Å². The van der Waals surface area contributed by atoms with E-state index in [1.54, 1.807) is 0 Å². The number of quaternary nitrogens is 1. The summed E-state index contributed by atoms with van der Waals surface area (Å²) in [6, 6.07) is 5.83. The number of hydrogen-bond acceptors (Lipinski definition) is 3. The van der Waals surface area contributed by atoms with E-state index in [9.17, 15) is 9.59 Å². The summed E-state index contributed by atoms with van der Waals surface area (Å²) in [5.41, 5.74) is 2.69. The molecule has 3 N–H and O–H groups in total. The van der Waals surface area contributed by atoms with Crippen LogP contribution in [0, 0.1) is 12.8 Å². The molecule has 0 saturated carbocycles. The zero-order chi connectivity index (χ0) is 18.0. The fourth-order valence-electron chi connectivity index (χ4n) is 3.67. The number of anilines is 1. The van der Waals surface area contributed by atoms with Crippen LogP contribution in [0.5, 0.6) is 0 Å². The molecule has 0 radical (unpaired) electrons. The average molecular weight is 344 g/mol. The van der Waals surface area contributed by atoms with Gasteiger partial charge < -0.3 is 19.9 Å². The number of H-pyrrole nitrogens is 1. The highest BCUT2D eigenvalue weighted by Crippen LogP contribution is 2.29. The van der Waals surface area contributed by atoms with Crippen LogP contribution in [0.1, 0.15) is 35.8 Å². The molecule has 3 rings (SSSR count). The zero-order valence-electron chi connectivity index (χ0n) is 15.1. The number of likely N-dealkylation sites (tertiary alicyclic amines) is 1. The van der Waals surface area contributed by atoms with Gasteiger partial charge in [-0.1, -0.05) is 19.1 Å². The van der Waals surface area contributed by atoms with Crippen molar-refractivity contribution in [3.8, 4) is 0 Å². The van der Waals surface area contributed by atoms with Gasteiger partial charge in [0.1, 0.15) is 5.69 Å². The Bertz CT molecular complexity index is 797. The summed E-state index contributed by atoms with van der Waals surface area (Å²) in [6.07, 6.45) is 2.39. The Hall–Kier alpha value is -2.34. The summed E-state index contributed by atoms with van der Waals surface area (Å²) in [4.78, 5) is 29.0. The van der Waals surface area contributed by atoms with Crippen LogP contribution >= 0.6 is 0 Å². The molecule has 1 aliphatic rings. The van der Waals surface area contributed by atoms with Gasteiger partial charge in [-0.05, 0) is 31.4 Å². The SMILES string of the molecule is COC(=O)c1[nH]c2cc(C)ccc2c1NC(=O)C[NH+]1CCC[C@H](C)C1. The predicted molar refractivity (Wildman–Crippen MR) is 97.0 cm³/mol. The molecule has 6 nitrogen and oxygen atoms in total. The molecule has 0 aliphatic carbocycles. The second-order valence-corrected chi connectivity index (χ2v) is 7.09. The number of benzene rings is 1. The molecule has 1 amide bonds. The Morgan fingerprint density at radius 2 is 2.20 bits per heavy atom. The molecule has 25 heavy (non-hydrogen) atoms. The Kier molecular flexibility index (Phi) is 5.08. The van der Waals surface area contributed by atoms with Crippen LogP contribution in [-0.2, 0) is 9.53 Å². The van der Waals surface area contributed by atoms with Gasteiger partial charge in [-0.3, -0.25) is 4.79 Å². The van der Waals surface area contributed by atoms with Crippen molar-refractivity contribution in [3.05, 3.63) is 29.5 Å². The first-order valence-corrected chi connectivity index (χ1v) is 8.82. The average Bonchev–Trinajstić information content (AvgIpc) is 2.91. The first-order valence-electron chi connectivity index (χ1n) is 8.82. The maximum absolute atomic E-state index is 12.6. The fraction of sp³-hybridized carbons (Fsp3) is 0.474. The summed E-state index contributed by atoms with van der Waals surface area (Å²) in [5, 5.41) is 3.76. The maximum atomic E-state index is 12.6. The van der Waals surface area contributed by atoms with Crippen LogP contribution in [0.2, 0.25) is 0 Å². The number of carbonyl (C=O) groups is 2. The number of aryl methyl sites for hydroxylation is 1. The molecule has 1 fully saturated rings. The quantitative estimate of drug-likeness (QED) is 0.736. The van der Waals surface area contributed by atoms with Crippen molar-refractivity contribution in [1.29, 1.82) is 0 Å². The van der Waals surface area contributed by atoms with Gasteiger partial charge in [-0.15, -0.1) is 0 Å². The van der Waals surface area contributed by atoms with E-state index in [2.05, 4.69) is 17.2 Å². The van der Waals surface area contributed by atoms with Crippen LogP contribution in [0.3, 0.4) is 0 Å². The van der Waals surface area contributed by atoms with Crippen LogP contribution in [0.4, 0.5) is 5.69 Å². The zero-order valence-corrected chi connectivity index (χ0v) is 15.1. The molecule has 1 aromatic heterocycles. The van der Waals surface area contributed by atoms with Gasteiger partial charge in [0.05, 0.1) is 25.9 Å². The minimum Gasteiger partial charge on any atom is -0.464 e. The second kappa shape index (κ2) is 7.27. The molecule has 134 valence electrons. The molecular weight excluding hydrogens is 318 g/mol. The summed E-state index contributed by atoms with van der Waals surface area (Å²) in [5.74, 6) is 0.0945. The first-order chi connectivity index (χ1) is 12.0. The van der Waals surface area contributed by atoms with E-state index in [0.717, 1.165) is 36.0 Å². The molecule has 2 aromatic rings. The Balaban J connectivity index is 1.83. The largest absolute Gasteiger partial charge is 0.464 e. The molecule has 1 aliphatic heterocycles. The van der Waals surface area contributed by atoms with Crippen molar-refractivity contribution in [3.63, 3.8) is 0 Å². The third kappa shape index (κ3) is 3.85. The lowest BCUT2D eigenvalue weighted by molar-refractivity contribution is -0.900. The number of carbonyl (C=O) groups excluding carboxylic acids is 2. The molecule has 0 spiro atoms. The standard InChI is InChI=1S/C19H25N3O3/c1-12-6-7-14-15(9-12)20-18(19(24)25-3)17(14)21-16(23)11-22-8-4-5-13(2)10-22/h6-7,9,13,20H,4-5,8,10-11H2,1-3H3,(H,21,23)/p+1/t13-/m0/s1. The van der Waals surface area contributed by atoms with Crippen molar-refractivity contribution >= 4 is 28.5 Å². The van der Waals surface area contributed by atoms with E-state index in [4.69, 9.17) is 4.74 Å². The lowest BCUT2D eigenvalue weighted by Gasteiger charge is -2.27. The van der Waals surface area contributed by atoms with Crippen molar-refractivity contribution in [2.75, 3.05) is 32.1 Å². The minimum absolute atomic E-state index is 0.0734. The molecule has 2 heterocycles. The number of nitrogens with one attached hydrogen (secondary N) is 3. The number of aromatic nitrogens is 1. The van der Waals surface area contributed by atoms with Gasteiger partial charge in [-0.2, -0.15) is 0 Å². The fourth-order valence-corrected chi connectivity index (χ4v) is 3.67. The first kappa shape index (κ1) is 17.5. The topological polar surface area (TPSA) is 75.6 Å². The van der Waals surface area contributed by atoms with Crippen molar-refractivity contribution in [2.24, 2.45) is 5.92 Å². The number of ether oxygens (including phenoxy) is 1. The number of aromatic amines is 1. The molecule has 1 saturated heterocycles. The lowest BCUT2D eigenvalue weighted by Crippen LogP contribution is -3.14. The number of hydrogen-bond donors (Lipinski definition) is 3. The Morgan fingerprint density at radius 3 is 2.92 bits per heavy atom. The van der Waals surface area contributed by atoms with E-state index >= 15 is 0 Å². The van der Waals surface area contributed by atoms with E-state index < -0.39 is 5.97 Å². The van der Waals surface area contributed by atoms with E-state index in [0.29, 0.717) is 23.8 Å². The number of methoxy groups -OCH3 is 1. The summed E-state index contributed by atoms with van der Waals surface area (Å²) in [6.45, 7) is 6.67. The van der Waals surface area contributed by atoms with E-state index in [1.807, 2.05) is 25.1 Å². The van der Waals surface area contributed by atoms with Crippen LogP contribution in [0.25, 0.3) is 10.9 Å². The van der Waals surface area contributed by atoms with Gasteiger partial charge in [0.25, 0.3) is 5.91 Å². The maximum Gasteiger partial charge on any atom is 0.356 e. The third-order valence-electron chi connectivity index (χ3n) is 4.88. The summed E-state index contributed by atoms with van der Waals surface area (Å²) >= 11 is 0. The Labute approximate surface area is 147 Å². The third-order valence-corrected chi connectivity index (χ3v) is 4.88. The normalized spacial score (nSPS) is 20.4. The molecule has 0 bridgehead atoms. The molecule has 2 atom stereocenters. The van der Waals surface area contributed by atoms with Gasteiger partial charge in [0.2, 0.25) is 0 Å². The minimum atomic E-state index is -0.483. The van der Waals surface area contributed by atoms with Crippen molar-refractivity contribution in [1.82, 2.24) is 4.98 Å². The number of piperidine rings is 1. The number of rotatable bonds is 4. The summed E-state index contributed by atoms with van der Waals surface area (Å²) in [7, 11) is 1.34. The van der Waals surface area contributed by atoms with E-state index in [-0.39, 0.29) is 5.91 Å². The predicted octanol–water partition coefficient (Wildman–Crippen LogP) is 1.52. The highest BCUT2D eigenvalue weighted by atomic mass is 16.5. The number of fused-ring (bicyclic) bond motifs is 1. The van der Waals surface area contributed by atoms with Crippen LogP contribution < -0.4 is 10.2 Å². The number of amides is 1. The molecule has 1 unspecified atom stereocenters. The summed E-state index contributed by atoms with van der Waals surface area (Å²) < 4.78 is 4.86. The van der Waals surface area contributed by atoms with Crippen molar-refractivity contribution < 1.29 is 19.2 Å². The highest BCUT2D eigenvalue weighted by molar-refractivity contribution is 6.11. The second-order valence-electron chi connectivity index (χ2n) is 7.09. The smallest absolute Gasteiger partial charge is 0.356 e. The monoisotopic (exact) mass is 344 g/mol. The van der Waals surface area contributed by atoms with Gasteiger partial charge in [0, 0.05) is 16.8 Å². The van der Waals surface area contributed by atoms with Gasteiger partial charge in [-0.25, -0.2) is 4.79 Å². The van der Waals surface area contributed by atoms with Crippen molar-refractivity contribution in [2.45, 2.75) is 26.7 Å². The van der Waals surface area contributed by atoms with Crippen LogP contribution in [-0.4, -0.2) is 43.6 Å². The molecule has 6 heteroatoms. The highest BCUT2D eigenvalue weighted by Gasteiger charge is 2.25.